The summed E-state index contributed by atoms with van der Waals surface area (Å²) in [6.07, 6.45) is 2.06. The summed E-state index contributed by atoms with van der Waals surface area (Å²) < 4.78 is 0. The standard InChI is InChI=1S/C10H16N2O3/c13-9-3-4-11-6-8(9)12-5-1-2-7(12)10(14)15/h7-8,11H,1-6H2,(H,14,15). The Morgan fingerprint density at radius 1 is 1.53 bits per heavy atom. The van der Waals surface area contributed by atoms with Crippen molar-refractivity contribution in [1.82, 2.24) is 10.2 Å². The zero-order chi connectivity index (χ0) is 10.8. The normalized spacial score (nSPS) is 33.2. The molecule has 2 rings (SSSR count). The molecule has 2 fully saturated rings. The van der Waals surface area contributed by atoms with E-state index in [1.54, 1.807) is 0 Å². The van der Waals surface area contributed by atoms with Crippen LogP contribution in [0, 0.1) is 0 Å². The van der Waals surface area contributed by atoms with Gasteiger partial charge in [0, 0.05) is 19.5 Å². The van der Waals surface area contributed by atoms with Gasteiger partial charge < -0.3 is 10.4 Å². The van der Waals surface area contributed by atoms with Gasteiger partial charge in [0.2, 0.25) is 0 Å². The summed E-state index contributed by atoms with van der Waals surface area (Å²) in [5.41, 5.74) is 0. The van der Waals surface area contributed by atoms with Crippen LogP contribution in [0.2, 0.25) is 0 Å². The fraction of sp³-hybridized carbons (Fsp3) is 0.800. The van der Waals surface area contributed by atoms with Crippen LogP contribution in [0.25, 0.3) is 0 Å². The lowest BCUT2D eigenvalue weighted by molar-refractivity contribution is -0.144. The lowest BCUT2D eigenvalue weighted by atomic mass is 10.0. The molecule has 2 saturated heterocycles. The maximum atomic E-state index is 11.7. The first-order valence-electron chi connectivity index (χ1n) is 5.42. The zero-order valence-corrected chi connectivity index (χ0v) is 8.61. The minimum Gasteiger partial charge on any atom is -0.480 e. The molecular formula is C10H16N2O3. The summed E-state index contributed by atoms with van der Waals surface area (Å²) in [4.78, 5) is 24.5. The van der Waals surface area contributed by atoms with Gasteiger partial charge in [-0.15, -0.1) is 0 Å². The van der Waals surface area contributed by atoms with Crippen molar-refractivity contribution in [2.45, 2.75) is 31.3 Å². The molecule has 0 aromatic heterocycles. The van der Waals surface area contributed by atoms with Gasteiger partial charge in [0.1, 0.15) is 6.04 Å². The lowest BCUT2D eigenvalue weighted by Gasteiger charge is -2.32. The molecule has 0 aliphatic carbocycles. The van der Waals surface area contributed by atoms with Crippen molar-refractivity contribution in [3.8, 4) is 0 Å². The van der Waals surface area contributed by atoms with Gasteiger partial charge in [0.15, 0.2) is 5.78 Å². The van der Waals surface area contributed by atoms with E-state index in [9.17, 15) is 9.59 Å². The van der Waals surface area contributed by atoms with Crippen LogP contribution in [0.1, 0.15) is 19.3 Å². The number of Topliss-reactive ketones (excluding diaryl/α,β-unsaturated/α-hetero) is 1. The van der Waals surface area contributed by atoms with Crippen molar-refractivity contribution in [3.63, 3.8) is 0 Å². The summed E-state index contributed by atoms with van der Waals surface area (Å²) in [5, 5.41) is 12.2. The molecule has 84 valence electrons. The van der Waals surface area contributed by atoms with Crippen LogP contribution < -0.4 is 5.32 Å². The van der Waals surface area contributed by atoms with E-state index in [4.69, 9.17) is 5.11 Å². The van der Waals surface area contributed by atoms with Crippen molar-refractivity contribution in [3.05, 3.63) is 0 Å². The number of aliphatic carboxylic acids is 1. The Bertz CT molecular complexity index is 280. The molecule has 2 unspecified atom stereocenters. The van der Waals surface area contributed by atoms with E-state index in [2.05, 4.69) is 5.32 Å². The third-order valence-electron chi connectivity index (χ3n) is 3.24. The molecule has 0 aromatic carbocycles. The van der Waals surface area contributed by atoms with Crippen LogP contribution in [0.15, 0.2) is 0 Å². The molecule has 0 bridgehead atoms. The molecule has 0 radical (unpaired) electrons. The first-order chi connectivity index (χ1) is 7.20. The highest BCUT2D eigenvalue weighted by atomic mass is 16.4. The molecule has 2 aliphatic heterocycles. The van der Waals surface area contributed by atoms with Crippen molar-refractivity contribution in [1.29, 1.82) is 0 Å². The van der Waals surface area contributed by atoms with E-state index < -0.39 is 12.0 Å². The predicted molar refractivity (Wildman–Crippen MR) is 53.6 cm³/mol. The van der Waals surface area contributed by atoms with E-state index >= 15 is 0 Å². The maximum absolute atomic E-state index is 11.7. The second kappa shape index (κ2) is 4.28. The molecule has 0 amide bonds. The molecule has 2 atom stereocenters. The largest absolute Gasteiger partial charge is 0.480 e. The first kappa shape index (κ1) is 10.6. The van der Waals surface area contributed by atoms with Crippen molar-refractivity contribution in [2.75, 3.05) is 19.6 Å². The second-order valence-electron chi connectivity index (χ2n) is 4.17. The minimum absolute atomic E-state index is 0.182. The van der Waals surface area contributed by atoms with E-state index in [-0.39, 0.29) is 11.8 Å². The third-order valence-corrected chi connectivity index (χ3v) is 3.24. The van der Waals surface area contributed by atoms with Crippen molar-refractivity contribution in [2.24, 2.45) is 0 Å². The Morgan fingerprint density at radius 3 is 3.00 bits per heavy atom. The average molecular weight is 212 g/mol. The number of carboxylic acid groups (broad SMARTS) is 1. The molecule has 0 spiro atoms. The molecule has 0 saturated carbocycles. The molecule has 5 nitrogen and oxygen atoms in total. The number of hydrogen-bond acceptors (Lipinski definition) is 4. The van der Waals surface area contributed by atoms with E-state index in [0.29, 0.717) is 19.4 Å². The summed E-state index contributed by atoms with van der Waals surface area (Å²) >= 11 is 0. The summed E-state index contributed by atoms with van der Waals surface area (Å²) in [6.45, 7) is 2.05. The topological polar surface area (TPSA) is 69.6 Å². The number of hydrogen-bond donors (Lipinski definition) is 2. The van der Waals surface area contributed by atoms with Crippen molar-refractivity contribution < 1.29 is 14.7 Å². The van der Waals surface area contributed by atoms with Gasteiger partial charge in [0.05, 0.1) is 6.04 Å². The van der Waals surface area contributed by atoms with Crippen LogP contribution >= 0.6 is 0 Å². The van der Waals surface area contributed by atoms with Gasteiger partial charge in [-0.25, -0.2) is 0 Å². The molecular weight excluding hydrogens is 196 g/mol. The Kier molecular flexibility index (Phi) is 3.02. The fourth-order valence-electron chi connectivity index (χ4n) is 2.46. The molecule has 2 aliphatic rings. The number of nitrogens with one attached hydrogen (secondary N) is 1. The van der Waals surface area contributed by atoms with Crippen LogP contribution in [0.5, 0.6) is 0 Å². The lowest BCUT2D eigenvalue weighted by Crippen LogP contribution is -2.54. The monoisotopic (exact) mass is 212 g/mol. The number of carbonyl (C=O) groups excluding carboxylic acids is 1. The van der Waals surface area contributed by atoms with Crippen LogP contribution in [0.4, 0.5) is 0 Å². The van der Waals surface area contributed by atoms with Crippen LogP contribution in [-0.4, -0.2) is 53.5 Å². The van der Waals surface area contributed by atoms with E-state index in [0.717, 1.165) is 19.5 Å². The predicted octanol–water partition coefficient (Wildman–Crippen LogP) is -0.534. The number of likely N-dealkylation sites (tertiary alicyclic amines) is 1. The molecule has 2 heterocycles. The highest BCUT2D eigenvalue weighted by Gasteiger charge is 2.38. The summed E-state index contributed by atoms with van der Waals surface area (Å²) in [6, 6.07) is -0.679. The number of nitrogens with zero attached hydrogens (tertiary/aromatic N) is 1. The Hall–Kier alpha value is -0.940. The van der Waals surface area contributed by atoms with Gasteiger partial charge in [-0.2, -0.15) is 0 Å². The second-order valence-corrected chi connectivity index (χ2v) is 4.17. The Balaban J connectivity index is 2.07. The minimum atomic E-state index is -0.800. The van der Waals surface area contributed by atoms with Gasteiger partial charge >= 0.3 is 5.97 Å². The number of carboxylic acids is 1. The molecule has 5 heteroatoms. The quantitative estimate of drug-likeness (QED) is 0.643. The highest BCUT2D eigenvalue weighted by Crippen LogP contribution is 2.22. The average Bonchev–Trinajstić information content (AvgIpc) is 2.67. The van der Waals surface area contributed by atoms with Crippen LogP contribution in [0.3, 0.4) is 0 Å². The summed E-state index contributed by atoms with van der Waals surface area (Å²) in [7, 11) is 0. The summed E-state index contributed by atoms with van der Waals surface area (Å²) in [5.74, 6) is -0.618. The van der Waals surface area contributed by atoms with Crippen LogP contribution in [-0.2, 0) is 9.59 Å². The molecule has 15 heavy (non-hydrogen) atoms. The molecule has 2 N–H and O–H groups in total. The highest BCUT2D eigenvalue weighted by molar-refractivity contribution is 5.86. The SMILES string of the molecule is O=C(O)C1CCCN1C1CNCCC1=O. The number of ketones is 1. The Morgan fingerprint density at radius 2 is 2.33 bits per heavy atom. The van der Waals surface area contributed by atoms with Gasteiger partial charge in [-0.05, 0) is 19.4 Å². The van der Waals surface area contributed by atoms with Gasteiger partial charge in [-0.1, -0.05) is 0 Å². The van der Waals surface area contributed by atoms with E-state index in [1.165, 1.54) is 0 Å². The Labute approximate surface area is 88.4 Å². The number of carbonyl (C=O) groups is 2. The maximum Gasteiger partial charge on any atom is 0.320 e. The smallest absolute Gasteiger partial charge is 0.320 e. The zero-order valence-electron chi connectivity index (χ0n) is 8.61. The van der Waals surface area contributed by atoms with Crippen molar-refractivity contribution >= 4 is 11.8 Å². The third kappa shape index (κ3) is 2.03. The number of piperidine rings is 1. The first-order valence-corrected chi connectivity index (χ1v) is 5.42. The fourth-order valence-corrected chi connectivity index (χ4v) is 2.46. The molecule has 0 aromatic rings. The number of rotatable bonds is 2. The van der Waals surface area contributed by atoms with E-state index in [1.807, 2.05) is 4.90 Å². The van der Waals surface area contributed by atoms with Gasteiger partial charge in [0.25, 0.3) is 0 Å². The van der Waals surface area contributed by atoms with Gasteiger partial charge in [-0.3, -0.25) is 14.5 Å².